The molecule has 0 radical (unpaired) electrons. The summed E-state index contributed by atoms with van der Waals surface area (Å²) in [6, 6.07) is 0.165. The number of aromatic nitrogens is 2. The zero-order chi connectivity index (χ0) is 16.9. The number of rotatable bonds is 3. The van der Waals surface area contributed by atoms with Crippen LogP contribution in [-0.2, 0) is 6.54 Å². The van der Waals surface area contributed by atoms with Gasteiger partial charge in [-0.15, -0.1) is 0 Å². The van der Waals surface area contributed by atoms with E-state index in [4.69, 9.17) is 0 Å². The Bertz CT molecular complexity index is 631. The van der Waals surface area contributed by atoms with Crippen LogP contribution < -0.4 is 0 Å². The van der Waals surface area contributed by atoms with Crippen LogP contribution in [-0.4, -0.2) is 57.4 Å². The lowest BCUT2D eigenvalue weighted by Crippen LogP contribution is -2.58. The highest BCUT2D eigenvalue weighted by molar-refractivity contribution is 5.93. The predicted octanol–water partition coefficient (Wildman–Crippen LogP) is 2.54. The van der Waals surface area contributed by atoms with E-state index >= 15 is 0 Å². The fourth-order valence-corrected chi connectivity index (χ4v) is 4.23. The molecular formula is C17H24F2N4O. The summed E-state index contributed by atoms with van der Waals surface area (Å²) in [4.78, 5) is 20.4. The largest absolute Gasteiger partial charge is 0.331 e. The van der Waals surface area contributed by atoms with Gasteiger partial charge in [-0.3, -0.25) is 9.69 Å². The predicted molar refractivity (Wildman–Crippen MR) is 85.0 cm³/mol. The highest BCUT2D eigenvalue weighted by atomic mass is 19.3. The molecule has 0 bridgehead atoms. The van der Waals surface area contributed by atoms with Crippen molar-refractivity contribution >= 4 is 5.91 Å². The molecule has 1 saturated heterocycles. The molecule has 1 aliphatic carbocycles. The molecule has 24 heavy (non-hydrogen) atoms. The molecule has 0 N–H and O–H groups in total. The summed E-state index contributed by atoms with van der Waals surface area (Å²) < 4.78 is 28.0. The molecule has 0 aromatic carbocycles. The fourth-order valence-electron chi connectivity index (χ4n) is 4.23. The molecule has 5 nitrogen and oxygen atoms in total. The number of likely N-dealkylation sites (tertiary alicyclic amines) is 1. The summed E-state index contributed by atoms with van der Waals surface area (Å²) in [5, 5.41) is 0. The van der Waals surface area contributed by atoms with Crippen molar-refractivity contribution in [3.63, 3.8) is 0 Å². The Kier molecular flexibility index (Phi) is 3.86. The first kappa shape index (κ1) is 16.0. The van der Waals surface area contributed by atoms with Gasteiger partial charge in [0.2, 0.25) is 0 Å². The van der Waals surface area contributed by atoms with Gasteiger partial charge >= 0.3 is 0 Å². The van der Waals surface area contributed by atoms with Crippen molar-refractivity contribution in [2.45, 2.75) is 51.1 Å². The minimum Gasteiger partial charge on any atom is -0.331 e. The number of fused-ring (bicyclic) bond motifs is 1. The van der Waals surface area contributed by atoms with Crippen LogP contribution in [0.5, 0.6) is 0 Å². The molecule has 3 heterocycles. The molecule has 1 saturated carbocycles. The van der Waals surface area contributed by atoms with Gasteiger partial charge in [-0.1, -0.05) is 12.8 Å². The highest BCUT2D eigenvalue weighted by Crippen LogP contribution is 2.32. The second-order valence-electron chi connectivity index (χ2n) is 7.52. The molecule has 3 aliphatic rings. The maximum Gasteiger partial charge on any atom is 0.282 e. The van der Waals surface area contributed by atoms with Crippen LogP contribution in [0.15, 0.2) is 6.20 Å². The molecule has 0 spiro atoms. The molecule has 1 aromatic heterocycles. The number of alkyl halides is 2. The van der Waals surface area contributed by atoms with Gasteiger partial charge in [0.05, 0.1) is 19.1 Å². The number of amides is 1. The van der Waals surface area contributed by atoms with Crippen LogP contribution in [0.4, 0.5) is 8.78 Å². The molecule has 2 aliphatic heterocycles. The van der Waals surface area contributed by atoms with Crippen LogP contribution in [0.3, 0.4) is 0 Å². The van der Waals surface area contributed by atoms with Crippen LogP contribution >= 0.6 is 0 Å². The van der Waals surface area contributed by atoms with Crippen LogP contribution in [0.2, 0.25) is 0 Å². The van der Waals surface area contributed by atoms with E-state index in [0.29, 0.717) is 5.69 Å². The first-order valence-corrected chi connectivity index (χ1v) is 8.91. The van der Waals surface area contributed by atoms with E-state index in [1.807, 2.05) is 4.57 Å². The van der Waals surface area contributed by atoms with Gasteiger partial charge in [-0.2, -0.15) is 0 Å². The summed E-state index contributed by atoms with van der Waals surface area (Å²) in [6.07, 6.45) is 7.02. The van der Waals surface area contributed by atoms with Gasteiger partial charge in [-0.05, 0) is 25.7 Å². The monoisotopic (exact) mass is 338 g/mol. The molecule has 7 heteroatoms. The average molecular weight is 338 g/mol. The van der Waals surface area contributed by atoms with E-state index in [2.05, 4.69) is 16.8 Å². The van der Waals surface area contributed by atoms with Crippen LogP contribution in [0.1, 0.15) is 55.0 Å². The Balaban J connectivity index is 1.45. The Morgan fingerprint density at radius 3 is 2.67 bits per heavy atom. The van der Waals surface area contributed by atoms with Gasteiger partial charge in [0.1, 0.15) is 11.5 Å². The number of hydrogen-bond donors (Lipinski definition) is 0. The second-order valence-corrected chi connectivity index (χ2v) is 7.52. The van der Waals surface area contributed by atoms with Crippen LogP contribution in [0, 0.1) is 5.92 Å². The van der Waals surface area contributed by atoms with E-state index in [1.165, 1.54) is 30.6 Å². The standard InChI is InChI=1S/C17H24F2N4O/c1-12-15-20-14(16(24)23-10-17(18,19)11-23)9-22(15)7-6-21(12)8-13-4-2-3-5-13/h9,12-13H,2-8,10-11H2,1H3/t12-/m0/s1. The first-order chi connectivity index (χ1) is 11.4. The average Bonchev–Trinajstić information content (AvgIpc) is 3.16. The first-order valence-electron chi connectivity index (χ1n) is 8.91. The van der Waals surface area contributed by atoms with Crippen molar-refractivity contribution in [3.8, 4) is 0 Å². The van der Waals surface area contributed by atoms with Crippen molar-refractivity contribution in [2.75, 3.05) is 26.2 Å². The third kappa shape index (κ3) is 2.83. The van der Waals surface area contributed by atoms with Gasteiger partial charge < -0.3 is 9.47 Å². The third-order valence-electron chi connectivity index (χ3n) is 5.68. The Hall–Kier alpha value is -1.50. The number of carbonyl (C=O) groups is 1. The van der Waals surface area contributed by atoms with Crippen molar-refractivity contribution < 1.29 is 13.6 Å². The normalized spacial score (nSPS) is 27.1. The van der Waals surface area contributed by atoms with E-state index in [1.54, 1.807) is 6.20 Å². The van der Waals surface area contributed by atoms with Crippen LogP contribution in [0.25, 0.3) is 0 Å². The van der Waals surface area contributed by atoms with Gasteiger partial charge in [-0.25, -0.2) is 13.8 Å². The van der Waals surface area contributed by atoms with Crippen molar-refractivity contribution in [3.05, 3.63) is 17.7 Å². The number of hydrogen-bond acceptors (Lipinski definition) is 3. The van der Waals surface area contributed by atoms with E-state index in [-0.39, 0.29) is 11.9 Å². The summed E-state index contributed by atoms with van der Waals surface area (Å²) in [5.41, 5.74) is 0.301. The zero-order valence-corrected chi connectivity index (χ0v) is 14.0. The molecule has 4 rings (SSSR count). The van der Waals surface area contributed by atoms with E-state index in [9.17, 15) is 13.6 Å². The van der Waals surface area contributed by atoms with Gasteiger partial charge in [0.15, 0.2) is 0 Å². The summed E-state index contributed by atoms with van der Waals surface area (Å²) >= 11 is 0. The van der Waals surface area contributed by atoms with Gasteiger partial charge in [0, 0.05) is 25.8 Å². The lowest BCUT2D eigenvalue weighted by Gasteiger charge is -2.38. The zero-order valence-electron chi connectivity index (χ0n) is 14.0. The fraction of sp³-hybridized carbons (Fsp3) is 0.765. The second kappa shape index (κ2) is 5.79. The Morgan fingerprint density at radius 1 is 1.29 bits per heavy atom. The molecule has 2 fully saturated rings. The van der Waals surface area contributed by atoms with E-state index < -0.39 is 19.0 Å². The summed E-state index contributed by atoms with van der Waals surface area (Å²) in [6.45, 7) is 4.00. The molecule has 1 aromatic rings. The third-order valence-corrected chi connectivity index (χ3v) is 5.68. The molecule has 132 valence electrons. The molecule has 0 unspecified atom stereocenters. The Labute approximate surface area is 140 Å². The van der Waals surface area contributed by atoms with E-state index in [0.717, 1.165) is 31.4 Å². The lowest BCUT2D eigenvalue weighted by molar-refractivity contribution is -0.113. The van der Waals surface area contributed by atoms with Gasteiger partial charge in [0.25, 0.3) is 11.8 Å². The minimum absolute atomic E-state index is 0.165. The highest BCUT2D eigenvalue weighted by Gasteiger charge is 2.47. The Morgan fingerprint density at radius 2 is 2.00 bits per heavy atom. The molecular weight excluding hydrogens is 314 g/mol. The maximum absolute atomic E-state index is 13.0. The maximum atomic E-state index is 13.0. The SMILES string of the molecule is C[C@H]1c2nc(C(=O)N3CC(F)(F)C3)cn2CCN1CC1CCCC1. The quantitative estimate of drug-likeness (QED) is 0.850. The van der Waals surface area contributed by atoms with Crippen molar-refractivity contribution in [1.82, 2.24) is 19.4 Å². The lowest BCUT2D eigenvalue weighted by atomic mass is 10.1. The van der Waals surface area contributed by atoms with Crippen molar-refractivity contribution in [1.29, 1.82) is 0 Å². The number of halogens is 2. The van der Waals surface area contributed by atoms with Crippen molar-refractivity contribution in [2.24, 2.45) is 5.92 Å². The molecule has 1 amide bonds. The number of carbonyl (C=O) groups excluding carboxylic acids is 1. The molecule has 1 atom stereocenters. The summed E-state index contributed by atoms with van der Waals surface area (Å²) in [7, 11) is 0. The number of nitrogens with zero attached hydrogens (tertiary/aromatic N) is 4. The number of imidazole rings is 1. The smallest absolute Gasteiger partial charge is 0.282 e. The topological polar surface area (TPSA) is 41.4 Å². The minimum atomic E-state index is -2.74. The summed E-state index contributed by atoms with van der Waals surface area (Å²) in [5.74, 6) is -1.45.